The molecular weight excluding hydrogens is 596 g/mol. The molecule has 2 aromatic rings. The van der Waals surface area contributed by atoms with Crippen molar-refractivity contribution >= 4 is 29.3 Å². The maximum Gasteiger partial charge on any atom is 0.303 e. The molecule has 4 N–H and O–H groups in total. The summed E-state index contributed by atoms with van der Waals surface area (Å²) in [6, 6.07) is 4.30. The number of hydrogen-bond donors (Lipinski definition) is 4. The standard InChI is InChI=1S/C31H32O14/c1-12-30(44-14(3)34)18(43-13(2)33)8-21(42-12)45-19-10-31(40,20(35)11-32)9-16-23(19)29(39)25-24(27(16)37)26(36)15-6-5-7-17(41-4)22(15)28(25)38/h5-7,12,18-19,21,30,32,37,39-40H,8-11H2,1-4H3. The molecule has 45 heavy (non-hydrogen) atoms. The monoisotopic (exact) mass is 628 g/mol. The van der Waals surface area contributed by atoms with Crippen molar-refractivity contribution in [3.05, 3.63) is 51.6 Å². The Hall–Kier alpha value is -4.37. The zero-order chi connectivity index (χ0) is 33.0. The van der Waals surface area contributed by atoms with Crippen molar-refractivity contribution in [2.75, 3.05) is 13.7 Å². The lowest BCUT2D eigenvalue weighted by molar-refractivity contribution is -0.272. The number of ether oxygens (including phenoxy) is 5. The number of aromatic hydroxyl groups is 2. The Morgan fingerprint density at radius 3 is 2.29 bits per heavy atom. The van der Waals surface area contributed by atoms with Gasteiger partial charge in [0.25, 0.3) is 0 Å². The quantitative estimate of drug-likeness (QED) is 0.214. The molecule has 6 unspecified atom stereocenters. The minimum absolute atomic E-state index is 0.0623. The van der Waals surface area contributed by atoms with E-state index in [1.807, 2.05) is 0 Å². The van der Waals surface area contributed by atoms with Crippen LogP contribution in [0.5, 0.6) is 17.2 Å². The molecule has 14 nitrogen and oxygen atoms in total. The first-order valence-corrected chi connectivity index (χ1v) is 14.1. The van der Waals surface area contributed by atoms with Crippen molar-refractivity contribution < 1.29 is 68.1 Å². The normalized spacial score (nSPS) is 27.1. The van der Waals surface area contributed by atoms with Gasteiger partial charge >= 0.3 is 11.9 Å². The number of phenols is 2. The first-order valence-electron chi connectivity index (χ1n) is 14.1. The van der Waals surface area contributed by atoms with Gasteiger partial charge in [-0.1, -0.05) is 12.1 Å². The number of fused-ring (bicyclic) bond motifs is 3. The van der Waals surface area contributed by atoms with Gasteiger partial charge in [0.1, 0.15) is 35.6 Å². The van der Waals surface area contributed by atoms with E-state index in [-0.39, 0.29) is 34.4 Å². The molecule has 240 valence electrons. The van der Waals surface area contributed by atoms with Crippen LogP contribution in [0.15, 0.2) is 18.2 Å². The Labute approximate surface area is 256 Å². The van der Waals surface area contributed by atoms with Crippen molar-refractivity contribution in [1.82, 2.24) is 0 Å². The third-order valence-electron chi connectivity index (χ3n) is 8.29. The van der Waals surface area contributed by atoms with Crippen molar-refractivity contribution in [2.45, 2.75) is 76.3 Å². The zero-order valence-electron chi connectivity index (χ0n) is 24.8. The van der Waals surface area contributed by atoms with Gasteiger partial charge in [0, 0.05) is 49.8 Å². The number of benzene rings is 2. The van der Waals surface area contributed by atoms with Gasteiger partial charge in [-0.05, 0) is 13.0 Å². The lowest BCUT2D eigenvalue weighted by atomic mass is 9.72. The number of esters is 2. The molecule has 1 fully saturated rings. The Bertz CT molecular complexity index is 1610. The van der Waals surface area contributed by atoms with E-state index in [1.54, 1.807) is 0 Å². The van der Waals surface area contributed by atoms with Gasteiger partial charge in [0.15, 0.2) is 24.0 Å². The third-order valence-corrected chi connectivity index (χ3v) is 8.29. The summed E-state index contributed by atoms with van der Waals surface area (Å²) in [7, 11) is 1.30. The number of Topliss-reactive ketones (excluding diaryl/α,β-unsaturated/α-hetero) is 1. The fourth-order valence-electron chi connectivity index (χ4n) is 6.36. The number of phenolic OH excluding ortho intramolecular Hbond substituents is 2. The maximum absolute atomic E-state index is 13.8. The van der Waals surface area contributed by atoms with Crippen LogP contribution in [0.2, 0.25) is 0 Å². The van der Waals surface area contributed by atoms with Gasteiger partial charge < -0.3 is 44.1 Å². The van der Waals surface area contributed by atoms with Crippen molar-refractivity contribution in [3.63, 3.8) is 0 Å². The number of methoxy groups -OCH3 is 1. The topological polar surface area (TPSA) is 212 Å². The molecule has 6 atom stereocenters. The molecule has 2 aliphatic carbocycles. The summed E-state index contributed by atoms with van der Waals surface area (Å²) in [5, 5.41) is 44.1. The third kappa shape index (κ3) is 5.43. The molecule has 5 rings (SSSR count). The van der Waals surface area contributed by atoms with E-state index in [0.717, 1.165) is 6.92 Å². The predicted octanol–water partition coefficient (Wildman–Crippen LogP) is 1.18. The summed E-state index contributed by atoms with van der Waals surface area (Å²) in [4.78, 5) is 63.7. The van der Waals surface area contributed by atoms with E-state index in [1.165, 1.54) is 39.2 Å². The van der Waals surface area contributed by atoms with Crippen LogP contribution >= 0.6 is 0 Å². The van der Waals surface area contributed by atoms with E-state index in [4.69, 9.17) is 23.7 Å². The molecule has 0 bridgehead atoms. The molecule has 0 amide bonds. The number of carbonyl (C=O) groups excluding carboxylic acids is 5. The molecule has 1 aliphatic heterocycles. The van der Waals surface area contributed by atoms with E-state index in [0.29, 0.717) is 0 Å². The minimum Gasteiger partial charge on any atom is -0.507 e. The van der Waals surface area contributed by atoms with Crippen LogP contribution < -0.4 is 4.74 Å². The van der Waals surface area contributed by atoms with Gasteiger partial charge in [-0.2, -0.15) is 0 Å². The van der Waals surface area contributed by atoms with Gasteiger partial charge in [-0.15, -0.1) is 0 Å². The van der Waals surface area contributed by atoms with Crippen molar-refractivity contribution in [3.8, 4) is 17.2 Å². The summed E-state index contributed by atoms with van der Waals surface area (Å²) in [5.41, 5.74) is -4.04. The Kier molecular flexibility index (Phi) is 8.44. The fourth-order valence-corrected chi connectivity index (χ4v) is 6.36. The van der Waals surface area contributed by atoms with Crippen LogP contribution in [0, 0.1) is 0 Å². The highest BCUT2D eigenvalue weighted by atomic mass is 16.7. The Balaban J connectivity index is 1.62. The number of aliphatic hydroxyl groups is 2. The van der Waals surface area contributed by atoms with Crippen LogP contribution in [0.1, 0.15) is 82.7 Å². The number of ketones is 3. The molecule has 0 saturated carbocycles. The number of carbonyl (C=O) groups is 5. The number of hydrogen-bond acceptors (Lipinski definition) is 14. The second-order valence-corrected chi connectivity index (χ2v) is 11.2. The van der Waals surface area contributed by atoms with Crippen LogP contribution in [0.4, 0.5) is 0 Å². The maximum atomic E-state index is 13.8. The summed E-state index contributed by atoms with van der Waals surface area (Å²) in [5.74, 6) is -5.40. The number of aliphatic hydroxyl groups excluding tert-OH is 1. The summed E-state index contributed by atoms with van der Waals surface area (Å²) in [6.45, 7) is 2.80. The molecule has 0 spiro atoms. The molecule has 1 saturated heterocycles. The zero-order valence-corrected chi connectivity index (χ0v) is 24.8. The average molecular weight is 629 g/mol. The molecule has 14 heteroatoms. The molecule has 0 radical (unpaired) electrons. The first-order chi connectivity index (χ1) is 21.2. The Morgan fingerprint density at radius 1 is 1.00 bits per heavy atom. The van der Waals surface area contributed by atoms with Crippen LogP contribution in [-0.2, 0) is 39.8 Å². The second kappa shape index (κ2) is 11.9. The lowest BCUT2D eigenvalue weighted by Gasteiger charge is -2.43. The fraction of sp³-hybridized carbons (Fsp3) is 0.452. The van der Waals surface area contributed by atoms with E-state index in [9.17, 15) is 44.4 Å². The SMILES string of the molecule is COc1cccc2c1C(=O)c1c(O)c3c(c(O)c1C2=O)CC(O)(C(=O)CO)CC3OC1CC(OC(C)=O)C(OC(C)=O)C(C)O1. The van der Waals surface area contributed by atoms with Crippen LogP contribution in [0.3, 0.4) is 0 Å². The lowest BCUT2D eigenvalue weighted by Crippen LogP contribution is -2.52. The van der Waals surface area contributed by atoms with Crippen LogP contribution in [0.25, 0.3) is 0 Å². The van der Waals surface area contributed by atoms with Crippen molar-refractivity contribution in [1.29, 1.82) is 0 Å². The smallest absolute Gasteiger partial charge is 0.303 e. The largest absolute Gasteiger partial charge is 0.507 e. The van der Waals surface area contributed by atoms with Gasteiger partial charge in [-0.3, -0.25) is 24.0 Å². The highest BCUT2D eigenvalue weighted by Crippen LogP contribution is 2.52. The van der Waals surface area contributed by atoms with Gasteiger partial charge in [0.2, 0.25) is 5.78 Å². The minimum atomic E-state index is -2.33. The summed E-state index contributed by atoms with van der Waals surface area (Å²) >= 11 is 0. The molecule has 0 aromatic heterocycles. The molecule has 3 aliphatic rings. The highest BCUT2D eigenvalue weighted by Gasteiger charge is 2.51. The summed E-state index contributed by atoms with van der Waals surface area (Å²) in [6.07, 6.45) is -7.02. The number of rotatable bonds is 7. The average Bonchev–Trinajstić information content (AvgIpc) is 2.97. The van der Waals surface area contributed by atoms with Gasteiger partial charge in [-0.25, -0.2) is 0 Å². The first kappa shape index (κ1) is 32.0. The van der Waals surface area contributed by atoms with Crippen molar-refractivity contribution in [2.24, 2.45) is 0 Å². The van der Waals surface area contributed by atoms with Crippen LogP contribution in [-0.4, -0.2) is 93.6 Å². The van der Waals surface area contributed by atoms with E-state index >= 15 is 0 Å². The molecular formula is C31H32O14. The van der Waals surface area contributed by atoms with E-state index in [2.05, 4.69) is 0 Å². The molecule has 1 heterocycles. The Morgan fingerprint density at radius 2 is 1.67 bits per heavy atom. The van der Waals surface area contributed by atoms with E-state index < -0.39 is 108 Å². The highest BCUT2D eigenvalue weighted by molar-refractivity contribution is 6.31. The molecule has 2 aromatic carbocycles. The van der Waals surface area contributed by atoms with Gasteiger partial charge in [0.05, 0.1) is 36.0 Å². The summed E-state index contributed by atoms with van der Waals surface area (Å²) < 4.78 is 28.0. The second-order valence-electron chi connectivity index (χ2n) is 11.2. The predicted molar refractivity (Wildman–Crippen MR) is 149 cm³/mol.